The van der Waals surface area contributed by atoms with E-state index in [1.54, 1.807) is 36.4 Å². The standard InChI is InChI=1S/C31H31FN2O3/c1-20-33-28(16-17-29(36)21-10-13-24(32)14-11-21)31(34(20)25-7-3-2-4-8-25)27-15-12-23(19-30(27)37)22-6-5-9-26(35)18-22/h2-15,18-20,28-29,31,33,35-37H,16-17H2,1H3/t20-,28-,29-,31+/m0/s1. The predicted octanol–water partition coefficient (Wildman–Crippen LogP) is 6.28. The van der Waals surface area contributed by atoms with Gasteiger partial charge in [-0.1, -0.05) is 54.6 Å². The second-order valence-electron chi connectivity index (χ2n) is 9.61. The van der Waals surface area contributed by atoms with Crippen LogP contribution in [0.4, 0.5) is 10.1 Å². The van der Waals surface area contributed by atoms with Gasteiger partial charge in [0, 0.05) is 17.3 Å². The maximum atomic E-state index is 13.3. The Morgan fingerprint density at radius 1 is 0.865 bits per heavy atom. The molecule has 37 heavy (non-hydrogen) atoms. The average Bonchev–Trinajstić information content (AvgIpc) is 3.23. The summed E-state index contributed by atoms with van der Waals surface area (Å²) in [5.41, 5.74) is 4.13. The number of hydrogen-bond acceptors (Lipinski definition) is 5. The van der Waals surface area contributed by atoms with Gasteiger partial charge in [-0.05, 0) is 78.9 Å². The molecule has 0 unspecified atom stereocenters. The van der Waals surface area contributed by atoms with E-state index in [4.69, 9.17) is 0 Å². The minimum absolute atomic E-state index is 0.00879. The molecule has 190 valence electrons. The SMILES string of the molecule is C[C@H]1N[C@@H](CC[C@H](O)c2ccc(F)cc2)[C@@H](c2ccc(-c3cccc(O)c3)cc2O)N1c1ccccc1. The van der Waals surface area contributed by atoms with Gasteiger partial charge in [-0.2, -0.15) is 0 Å². The number of para-hydroxylation sites is 1. The van der Waals surface area contributed by atoms with Crippen LogP contribution in [0.3, 0.4) is 0 Å². The highest BCUT2D eigenvalue weighted by atomic mass is 19.1. The molecule has 1 aliphatic rings. The van der Waals surface area contributed by atoms with E-state index >= 15 is 0 Å². The van der Waals surface area contributed by atoms with Gasteiger partial charge in [0.1, 0.15) is 17.3 Å². The molecule has 5 nitrogen and oxygen atoms in total. The van der Waals surface area contributed by atoms with Crippen molar-refractivity contribution in [3.05, 3.63) is 114 Å². The molecule has 4 N–H and O–H groups in total. The monoisotopic (exact) mass is 498 g/mol. The van der Waals surface area contributed by atoms with Gasteiger partial charge in [0.05, 0.1) is 18.3 Å². The molecule has 0 saturated carbocycles. The van der Waals surface area contributed by atoms with Crippen molar-refractivity contribution in [2.75, 3.05) is 4.90 Å². The minimum atomic E-state index is -0.717. The Balaban J connectivity index is 1.46. The third kappa shape index (κ3) is 5.31. The number of halogens is 1. The highest BCUT2D eigenvalue weighted by molar-refractivity contribution is 5.68. The number of phenolic OH excluding ortho intramolecular Hbond substituents is 2. The molecule has 0 bridgehead atoms. The van der Waals surface area contributed by atoms with Gasteiger partial charge < -0.3 is 20.2 Å². The molecule has 6 heteroatoms. The molecule has 0 radical (unpaired) electrons. The Kier molecular flexibility index (Phi) is 7.12. The van der Waals surface area contributed by atoms with E-state index in [-0.39, 0.29) is 35.6 Å². The number of aromatic hydroxyl groups is 2. The van der Waals surface area contributed by atoms with Gasteiger partial charge in [0.25, 0.3) is 0 Å². The quantitative estimate of drug-likeness (QED) is 0.241. The van der Waals surface area contributed by atoms with Crippen LogP contribution in [0.25, 0.3) is 11.1 Å². The molecule has 0 amide bonds. The van der Waals surface area contributed by atoms with E-state index in [2.05, 4.69) is 29.3 Å². The van der Waals surface area contributed by atoms with Crippen molar-refractivity contribution in [1.82, 2.24) is 5.32 Å². The van der Waals surface area contributed by atoms with Crippen molar-refractivity contribution in [1.29, 1.82) is 0 Å². The summed E-state index contributed by atoms with van der Waals surface area (Å²) in [5, 5.41) is 35.6. The van der Waals surface area contributed by atoms with Crippen LogP contribution >= 0.6 is 0 Å². The maximum absolute atomic E-state index is 13.3. The number of nitrogens with zero attached hydrogens (tertiary/aromatic N) is 1. The fourth-order valence-corrected chi connectivity index (χ4v) is 5.36. The minimum Gasteiger partial charge on any atom is -0.508 e. The van der Waals surface area contributed by atoms with Crippen molar-refractivity contribution in [2.24, 2.45) is 0 Å². The Hall–Kier alpha value is -3.87. The third-order valence-corrected chi connectivity index (χ3v) is 7.14. The van der Waals surface area contributed by atoms with Crippen LogP contribution in [0, 0.1) is 5.82 Å². The normalized spacial score (nSPS) is 20.2. The Labute approximate surface area is 216 Å². The number of aliphatic hydroxyl groups excluding tert-OH is 1. The number of phenols is 2. The molecule has 0 aromatic heterocycles. The van der Waals surface area contributed by atoms with Gasteiger partial charge in [0.15, 0.2) is 0 Å². The van der Waals surface area contributed by atoms with Gasteiger partial charge >= 0.3 is 0 Å². The predicted molar refractivity (Wildman–Crippen MR) is 144 cm³/mol. The Bertz CT molecular complexity index is 1350. The summed E-state index contributed by atoms with van der Waals surface area (Å²) >= 11 is 0. The third-order valence-electron chi connectivity index (χ3n) is 7.14. The van der Waals surface area contributed by atoms with Gasteiger partial charge in [-0.25, -0.2) is 4.39 Å². The lowest BCUT2D eigenvalue weighted by molar-refractivity contribution is 0.159. The zero-order chi connectivity index (χ0) is 25.9. The highest BCUT2D eigenvalue weighted by Crippen LogP contribution is 2.42. The lowest BCUT2D eigenvalue weighted by atomic mass is 9.91. The lowest BCUT2D eigenvalue weighted by Gasteiger charge is -2.32. The molecule has 0 aliphatic carbocycles. The van der Waals surface area contributed by atoms with E-state index in [9.17, 15) is 19.7 Å². The second kappa shape index (κ2) is 10.6. The number of benzene rings is 4. The van der Waals surface area contributed by atoms with Crippen LogP contribution in [0.2, 0.25) is 0 Å². The highest BCUT2D eigenvalue weighted by Gasteiger charge is 2.40. The van der Waals surface area contributed by atoms with Crippen LogP contribution in [-0.2, 0) is 0 Å². The summed E-state index contributed by atoms with van der Waals surface area (Å²) in [4.78, 5) is 2.26. The zero-order valence-electron chi connectivity index (χ0n) is 20.6. The number of aliphatic hydroxyl groups is 1. The summed E-state index contributed by atoms with van der Waals surface area (Å²) in [6.45, 7) is 2.09. The van der Waals surface area contributed by atoms with E-state index < -0.39 is 6.10 Å². The van der Waals surface area contributed by atoms with Crippen LogP contribution in [0.5, 0.6) is 11.5 Å². The number of nitrogens with one attached hydrogen (secondary N) is 1. The van der Waals surface area contributed by atoms with E-state index in [0.29, 0.717) is 18.4 Å². The summed E-state index contributed by atoms with van der Waals surface area (Å²) < 4.78 is 13.3. The number of hydrogen-bond donors (Lipinski definition) is 4. The van der Waals surface area contributed by atoms with Gasteiger partial charge in [-0.3, -0.25) is 5.32 Å². The summed E-state index contributed by atoms with van der Waals surface area (Å²) in [6.07, 6.45) is 0.401. The topological polar surface area (TPSA) is 76.0 Å². The van der Waals surface area contributed by atoms with E-state index in [1.165, 1.54) is 12.1 Å². The number of rotatable bonds is 7. The maximum Gasteiger partial charge on any atom is 0.123 e. The fraction of sp³-hybridized carbons (Fsp3) is 0.226. The Morgan fingerprint density at radius 2 is 1.59 bits per heavy atom. The van der Waals surface area contributed by atoms with Crippen LogP contribution < -0.4 is 10.2 Å². The fourth-order valence-electron chi connectivity index (χ4n) is 5.36. The first-order chi connectivity index (χ1) is 17.9. The molecule has 1 saturated heterocycles. The van der Waals surface area contributed by atoms with Crippen molar-refractivity contribution in [3.63, 3.8) is 0 Å². The molecule has 4 aromatic carbocycles. The van der Waals surface area contributed by atoms with Crippen molar-refractivity contribution in [3.8, 4) is 22.6 Å². The first kappa shape index (κ1) is 24.8. The van der Waals surface area contributed by atoms with Crippen LogP contribution in [0.1, 0.15) is 43.0 Å². The van der Waals surface area contributed by atoms with Gasteiger partial charge in [-0.15, -0.1) is 0 Å². The first-order valence-electron chi connectivity index (χ1n) is 12.6. The summed E-state index contributed by atoms with van der Waals surface area (Å²) in [6, 6.07) is 28.4. The molecule has 4 aromatic rings. The molecule has 4 atom stereocenters. The second-order valence-corrected chi connectivity index (χ2v) is 9.61. The molecular weight excluding hydrogens is 467 g/mol. The molecule has 1 heterocycles. The Morgan fingerprint density at radius 3 is 2.30 bits per heavy atom. The molecule has 5 rings (SSSR count). The lowest BCUT2D eigenvalue weighted by Crippen LogP contribution is -2.33. The first-order valence-corrected chi connectivity index (χ1v) is 12.6. The largest absolute Gasteiger partial charge is 0.508 e. The molecule has 0 spiro atoms. The van der Waals surface area contributed by atoms with Crippen molar-refractivity contribution in [2.45, 2.75) is 44.1 Å². The summed E-state index contributed by atoms with van der Waals surface area (Å²) in [7, 11) is 0. The van der Waals surface area contributed by atoms with Crippen LogP contribution in [0.15, 0.2) is 97.1 Å². The molecule has 1 aliphatic heterocycles. The van der Waals surface area contributed by atoms with E-state index in [0.717, 1.165) is 22.4 Å². The summed E-state index contributed by atoms with van der Waals surface area (Å²) in [5.74, 6) is 0.0158. The van der Waals surface area contributed by atoms with Crippen LogP contribution in [-0.4, -0.2) is 27.5 Å². The smallest absolute Gasteiger partial charge is 0.123 e. The number of anilines is 1. The van der Waals surface area contributed by atoms with E-state index in [1.807, 2.05) is 36.4 Å². The zero-order valence-corrected chi connectivity index (χ0v) is 20.6. The van der Waals surface area contributed by atoms with Gasteiger partial charge in [0.2, 0.25) is 0 Å². The molecule has 1 fully saturated rings. The average molecular weight is 499 g/mol. The van der Waals surface area contributed by atoms with Crippen molar-refractivity contribution < 1.29 is 19.7 Å². The van der Waals surface area contributed by atoms with Crippen molar-refractivity contribution >= 4 is 5.69 Å². The molecular formula is C31H31FN2O3.